The van der Waals surface area contributed by atoms with Gasteiger partial charge in [-0.1, -0.05) is 19.9 Å². The SMILES string of the molecule is CC(C)CCNC(=O)c1cccc(S(=O)(=O)NC2CCS(=O)(=O)C2)c1. The molecule has 1 amide bonds. The standard InChI is InChI=1S/C16H24N2O5S2/c1-12(2)6-8-17-16(19)13-4-3-5-15(10-13)25(22,23)18-14-7-9-24(20,21)11-14/h3-5,10,12,14,18H,6-9,11H2,1-2H3,(H,17,19). The molecule has 1 unspecified atom stereocenters. The first-order chi connectivity index (χ1) is 11.6. The smallest absolute Gasteiger partial charge is 0.251 e. The van der Waals surface area contributed by atoms with Crippen LogP contribution >= 0.6 is 0 Å². The molecule has 1 saturated heterocycles. The Morgan fingerprint density at radius 1 is 1.32 bits per heavy atom. The van der Waals surface area contributed by atoms with E-state index in [1.165, 1.54) is 18.2 Å². The van der Waals surface area contributed by atoms with Gasteiger partial charge < -0.3 is 5.32 Å². The highest BCUT2D eigenvalue weighted by Crippen LogP contribution is 2.17. The van der Waals surface area contributed by atoms with E-state index >= 15 is 0 Å². The van der Waals surface area contributed by atoms with Crippen molar-refractivity contribution in [2.75, 3.05) is 18.1 Å². The minimum absolute atomic E-state index is 0.0154. The monoisotopic (exact) mass is 388 g/mol. The Kier molecular flexibility index (Phi) is 6.23. The minimum Gasteiger partial charge on any atom is -0.352 e. The summed E-state index contributed by atoms with van der Waals surface area (Å²) in [7, 11) is -7.06. The Hall–Kier alpha value is -1.45. The second kappa shape index (κ2) is 7.84. The van der Waals surface area contributed by atoms with Crippen molar-refractivity contribution in [1.29, 1.82) is 0 Å². The van der Waals surface area contributed by atoms with Crippen LogP contribution in [0.3, 0.4) is 0 Å². The molecule has 1 fully saturated rings. The van der Waals surface area contributed by atoms with Crippen LogP contribution in [0.15, 0.2) is 29.2 Å². The van der Waals surface area contributed by atoms with Crippen molar-refractivity contribution >= 4 is 25.8 Å². The highest BCUT2D eigenvalue weighted by atomic mass is 32.2. The molecule has 2 N–H and O–H groups in total. The van der Waals surface area contributed by atoms with E-state index in [0.717, 1.165) is 6.42 Å². The number of benzene rings is 1. The molecular formula is C16H24N2O5S2. The number of carbonyl (C=O) groups excluding carboxylic acids is 1. The summed E-state index contributed by atoms with van der Waals surface area (Å²) in [6, 6.07) is 5.10. The van der Waals surface area contributed by atoms with Gasteiger partial charge in [-0.25, -0.2) is 21.6 Å². The lowest BCUT2D eigenvalue weighted by atomic mass is 10.1. The molecule has 1 aromatic rings. The molecule has 1 heterocycles. The maximum absolute atomic E-state index is 12.4. The lowest BCUT2D eigenvalue weighted by Crippen LogP contribution is -2.35. The van der Waals surface area contributed by atoms with Crippen molar-refractivity contribution in [2.24, 2.45) is 5.92 Å². The number of hydrogen-bond acceptors (Lipinski definition) is 5. The Balaban J connectivity index is 2.07. The molecule has 0 radical (unpaired) electrons. The number of nitrogens with one attached hydrogen (secondary N) is 2. The quantitative estimate of drug-likeness (QED) is 0.722. The first-order valence-electron chi connectivity index (χ1n) is 8.20. The number of sulfone groups is 1. The van der Waals surface area contributed by atoms with Crippen LogP contribution in [0.2, 0.25) is 0 Å². The molecule has 1 aliphatic rings. The van der Waals surface area contributed by atoms with Crippen LogP contribution in [0.5, 0.6) is 0 Å². The average Bonchev–Trinajstić information content (AvgIpc) is 2.85. The molecule has 0 spiro atoms. The Labute approximate surface area is 149 Å². The summed E-state index contributed by atoms with van der Waals surface area (Å²) in [5.41, 5.74) is 0.255. The number of hydrogen-bond donors (Lipinski definition) is 2. The predicted molar refractivity (Wildman–Crippen MR) is 95.6 cm³/mol. The average molecular weight is 389 g/mol. The molecule has 0 bridgehead atoms. The largest absolute Gasteiger partial charge is 0.352 e. The second-order valence-electron chi connectivity index (χ2n) is 6.69. The van der Waals surface area contributed by atoms with Gasteiger partial charge >= 0.3 is 0 Å². The summed E-state index contributed by atoms with van der Waals surface area (Å²) in [6.07, 6.45) is 1.10. The molecule has 140 valence electrons. The topological polar surface area (TPSA) is 109 Å². The van der Waals surface area contributed by atoms with E-state index in [-0.39, 0.29) is 34.3 Å². The number of sulfonamides is 1. The maximum atomic E-state index is 12.4. The van der Waals surface area contributed by atoms with Gasteiger partial charge in [-0.15, -0.1) is 0 Å². The van der Waals surface area contributed by atoms with Gasteiger partial charge in [0.15, 0.2) is 9.84 Å². The molecule has 9 heteroatoms. The molecule has 2 rings (SSSR count). The Morgan fingerprint density at radius 2 is 2.04 bits per heavy atom. The maximum Gasteiger partial charge on any atom is 0.251 e. The van der Waals surface area contributed by atoms with E-state index in [2.05, 4.69) is 10.0 Å². The van der Waals surface area contributed by atoms with Crippen LogP contribution in [0.25, 0.3) is 0 Å². The first kappa shape index (κ1) is 19.9. The normalized spacial score (nSPS) is 19.9. The number of carbonyl (C=O) groups is 1. The van der Waals surface area contributed by atoms with Crippen molar-refractivity contribution in [1.82, 2.24) is 10.0 Å². The third-order valence-corrected chi connectivity index (χ3v) is 7.25. The molecule has 25 heavy (non-hydrogen) atoms. The second-order valence-corrected chi connectivity index (χ2v) is 10.6. The van der Waals surface area contributed by atoms with E-state index in [0.29, 0.717) is 12.5 Å². The third-order valence-electron chi connectivity index (χ3n) is 3.97. The fraction of sp³-hybridized carbons (Fsp3) is 0.562. The summed E-state index contributed by atoms with van der Waals surface area (Å²) in [6.45, 7) is 4.62. The molecule has 1 aromatic carbocycles. The van der Waals surface area contributed by atoms with Gasteiger partial charge in [-0.2, -0.15) is 0 Å². The Morgan fingerprint density at radius 3 is 2.64 bits per heavy atom. The van der Waals surface area contributed by atoms with Gasteiger partial charge in [-0.05, 0) is 37.0 Å². The van der Waals surface area contributed by atoms with E-state index in [4.69, 9.17) is 0 Å². The third kappa shape index (κ3) is 5.79. The molecule has 1 aliphatic heterocycles. The summed E-state index contributed by atoms with van der Waals surface area (Å²) < 4.78 is 50.2. The molecule has 0 saturated carbocycles. The zero-order valence-electron chi connectivity index (χ0n) is 14.4. The summed E-state index contributed by atoms with van der Waals surface area (Å²) >= 11 is 0. The van der Waals surface area contributed by atoms with Gasteiger partial charge in [-0.3, -0.25) is 4.79 Å². The van der Waals surface area contributed by atoms with Crippen LogP contribution in [0.1, 0.15) is 37.0 Å². The van der Waals surface area contributed by atoms with E-state index in [9.17, 15) is 21.6 Å². The van der Waals surface area contributed by atoms with Crippen LogP contribution in [-0.4, -0.2) is 46.8 Å². The molecule has 0 aromatic heterocycles. The summed E-state index contributed by atoms with van der Waals surface area (Å²) in [5.74, 6) is -0.0832. The molecular weight excluding hydrogens is 364 g/mol. The van der Waals surface area contributed by atoms with Gasteiger partial charge in [0.05, 0.1) is 16.4 Å². The van der Waals surface area contributed by atoms with Gasteiger partial charge in [0.1, 0.15) is 0 Å². The molecule has 0 aliphatic carbocycles. The van der Waals surface area contributed by atoms with Crippen molar-refractivity contribution in [3.63, 3.8) is 0 Å². The fourth-order valence-corrected chi connectivity index (χ4v) is 5.65. The summed E-state index contributed by atoms with van der Waals surface area (Å²) in [4.78, 5) is 12.1. The lowest BCUT2D eigenvalue weighted by molar-refractivity contribution is 0.0952. The highest BCUT2D eigenvalue weighted by Gasteiger charge is 2.31. The van der Waals surface area contributed by atoms with Gasteiger partial charge in [0.25, 0.3) is 5.91 Å². The first-order valence-corrected chi connectivity index (χ1v) is 11.5. The van der Waals surface area contributed by atoms with E-state index in [1.807, 2.05) is 13.8 Å². The van der Waals surface area contributed by atoms with Crippen molar-refractivity contribution in [3.05, 3.63) is 29.8 Å². The van der Waals surface area contributed by atoms with Gasteiger partial charge in [0.2, 0.25) is 10.0 Å². The summed E-state index contributed by atoms with van der Waals surface area (Å²) in [5, 5.41) is 2.76. The molecule has 1 atom stereocenters. The van der Waals surface area contributed by atoms with Crippen molar-refractivity contribution in [2.45, 2.75) is 37.6 Å². The van der Waals surface area contributed by atoms with Crippen molar-refractivity contribution < 1.29 is 21.6 Å². The Bertz CT molecular complexity index is 832. The zero-order chi connectivity index (χ0) is 18.7. The van der Waals surface area contributed by atoms with Crippen LogP contribution in [0.4, 0.5) is 0 Å². The van der Waals surface area contributed by atoms with Crippen LogP contribution in [-0.2, 0) is 19.9 Å². The molecule has 7 nitrogen and oxygen atoms in total. The van der Waals surface area contributed by atoms with Crippen molar-refractivity contribution in [3.8, 4) is 0 Å². The predicted octanol–water partition coefficient (Wildman–Crippen LogP) is 0.928. The lowest BCUT2D eigenvalue weighted by Gasteiger charge is -2.12. The van der Waals surface area contributed by atoms with Gasteiger partial charge in [0, 0.05) is 18.2 Å². The van der Waals surface area contributed by atoms with E-state index in [1.54, 1.807) is 6.07 Å². The highest BCUT2D eigenvalue weighted by molar-refractivity contribution is 7.92. The number of rotatable bonds is 7. The minimum atomic E-state index is -3.88. The van der Waals surface area contributed by atoms with Crippen LogP contribution < -0.4 is 10.0 Å². The van der Waals surface area contributed by atoms with Crippen LogP contribution in [0, 0.1) is 5.92 Å². The zero-order valence-corrected chi connectivity index (χ0v) is 16.0. The van der Waals surface area contributed by atoms with E-state index < -0.39 is 25.9 Å². The number of amides is 1. The fourth-order valence-electron chi connectivity index (χ4n) is 2.56.